The van der Waals surface area contributed by atoms with E-state index in [1.54, 1.807) is 4.90 Å². The van der Waals surface area contributed by atoms with E-state index in [4.69, 9.17) is 0 Å². The number of hydrogen-bond donors (Lipinski definition) is 1. The highest BCUT2D eigenvalue weighted by molar-refractivity contribution is 7.90. The summed E-state index contributed by atoms with van der Waals surface area (Å²) in [6.45, 7) is 1.25. The summed E-state index contributed by atoms with van der Waals surface area (Å²) in [5.41, 5.74) is 1.36. The zero-order chi connectivity index (χ0) is 27.8. The van der Waals surface area contributed by atoms with Crippen molar-refractivity contribution in [1.82, 2.24) is 19.7 Å². The van der Waals surface area contributed by atoms with E-state index < -0.39 is 9.84 Å². The number of sulfone groups is 1. The summed E-state index contributed by atoms with van der Waals surface area (Å²) in [4.78, 5) is 36.8. The molecule has 9 nitrogen and oxygen atoms in total. The quantitative estimate of drug-likeness (QED) is 0.535. The number of aromatic nitrogens is 1. The van der Waals surface area contributed by atoms with Crippen molar-refractivity contribution in [3.63, 3.8) is 0 Å². The fourth-order valence-electron chi connectivity index (χ4n) is 6.56. The molecule has 2 saturated carbocycles. The third-order valence-corrected chi connectivity index (χ3v) is 10.1. The first-order valence-electron chi connectivity index (χ1n) is 13.8. The van der Waals surface area contributed by atoms with Crippen LogP contribution in [0.4, 0.5) is 10.5 Å². The van der Waals surface area contributed by atoms with Crippen molar-refractivity contribution in [3.8, 4) is 0 Å². The summed E-state index contributed by atoms with van der Waals surface area (Å²) in [5, 5.41) is 2.72. The maximum absolute atomic E-state index is 13.7. The number of carbonyl (C=O) groups is 2. The fraction of sp³-hybridized carbons (Fsp3) is 0.552. The summed E-state index contributed by atoms with van der Waals surface area (Å²) < 4.78 is 23.3. The monoisotopic (exact) mass is 553 g/mol. The van der Waals surface area contributed by atoms with Crippen LogP contribution < -0.4 is 5.32 Å². The lowest BCUT2D eigenvalue weighted by Crippen LogP contribution is -2.56. The van der Waals surface area contributed by atoms with E-state index in [1.807, 2.05) is 6.07 Å². The van der Waals surface area contributed by atoms with Crippen LogP contribution in [0.2, 0.25) is 0 Å². The van der Waals surface area contributed by atoms with Gasteiger partial charge >= 0.3 is 6.03 Å². The highest BCUT2D eigenvalue weighted by Crippen LogP contribution is 2.49. The van der Waals surface area contributed by atoms with Crippen LogP contribution in [-0.2, 0) is 20.2 Å². The number of anilines is 1. The molecule has 2 aromatic rings. The number of rotatable bonds is 8. The van der Waals surface area contributed by atoms with Crippen LogP contribution in [0.15, 0.2) is 53.7 Å². The molecule has 0 bridgehead atoms. The number of nitrogens with zero attached hydrogens (tertiary/aromatic N) is 4. The van der Waals surface area contributed by atoms with Crippen molar-refractivity contribution >= 4 is 27.5 Å². The fourth-order valence-corrected chi connectivity index (χ4v) is 7.12. The van der Waals surface area contributed by atoms with Gasteiger partial charge in [-0.3, -0.25) is 9.69 Å². The minimum absolute atomic E-state index is 0.0485. The van der Waals surface area contributed by atoms with Gasteiger partial charge in [0.1, 0.15) is 6.54 Å². The summed E-state index contributed by atoms with van der Waals surface area (Å²) in [6, 6.07) is 13.5. The molecule has 2 aliphatic carbocycles. The molecule has 210 valence electrons. The van der Waals surface area contributed by atoms with Gasteiger partial charge in [-0.05, 0) is 76.2 Å². The van der Waals surface area contributed by atoms with Crippen molar-refractivity contribution in [2.75, 3.05) is 45.3 Å². The second-order valence-electron chi connectivity index (χ2n) is 11.8. The Kier molecular flexibility index (Phi) is 7.45. The highest BCUT2D eigenvalue weighted by atomic mass is 32.2. The summed E-state index contributed by atoms with van der Waals surface area (Å²) in [5.74, 6) is 0.217. The maximum atomic E-state index is 13.7. The Bertz CT molecular complexity index is 1300. The van der Waals surface area contributed by atoms with Gasteiger partial charge in [0.05, 0.1) is 17.4 Å². The van der Waals surface area contributed by atoms with E-state index in [0.717, 1.165) is 51.3 Å². The van der Waals surface area contributed by atoms with Crippen LogP contribution in [0.25, 0.3) is 0 Å². The highest BCUT2D eigenvalue weighted by Gasteiger charge is 2.55. The van der Waals surface area contributed by atoms with E-state index in [2.05, 4.69) is 58.5 Å². The number of urea groups is 1. The van der Waals surface area contributed by atoms with E-state index in [1.165, 1.54) is 30.3 Å². The number of benzene rings is 1. The number of amides is 3. The Labute approximate surface area is 231 Å². The number of nitrogens with one attached hydrogen (secondary N) is 1. The van der Waals surface area contributed by atoms with Gasteiger partial charge in [-0.25, -0.2) is 18.2 Å². The molecule has 0 atom stereocenters. The molecule has 1 aliphatic heterocycles. The topological polar surface area (TPSA) is 103 Å². The molecular formula is C29H39N5O4S. The minimum Gasteiger partial charge on any atom is -0.323 e. The molecule has 3 amide bonds. The minimum atomic E-state index is -3.42. The Balaban J connectivity index is 1.31. The summed E-state index contributed by atoms with van der Waals surface area (Å²) in [6.07, 6.45) is 9.59. The molecular weight excluding hydrogens is 514 g/mol. The number of hydrogen-bond acceptors (Lipinski definition) is 6. The molecule has 2 heterocycles. The van der Waals surface area contributed by atoms with Crippen LogP contribution in [0.1, 0.15) is 50.5 Å². The smallest absolute Gasteiger partial charge is 0.321 e. The van der Waals surface area contributed by atoms with Gasteiger partial charge in [0, 0.05) is 24.9 Å². The lowest BCUT2D eigenvalue weighted by molar-refractivity contribution is -0.116. The standard InChI is InChI=1S/C29H39N5O4S/c1-32(2)29(23-10-5-4-6-11-23)16-14-28(15-17-29)21-33(27(36)34(28)19-22-8-7-9-22)20-25(35)31-24-12-13-26(30-18-24)39(3,37)38/h4-6,10-13,18,22H,7-9,14-17,19-21H2,1-3H3,(H,31,35). The van der Waals surface area contributed by atoms with Gasteiger partial charge < -0.3 is 15.1 Å². The first kappa shape index (κ1) is 27.6. The van der Waals surface area contributed by atoms with Gasteiger partial charge in [-0.2, -0.15) is 0 Å². The van der Waals surface area contributed by atoms with Gasteiger partial charge in [-0.1, -0.05) is 36.8 Å². The van der Waals surface area contributed by atoms with Gasteiger partial charge in [-0.15, -0.1) is 0 Å². The average Bonchev–Trinajstić information content (AvgIpc) is 3.11. The molecule has 1 saturated heterocycles. The predicted molar refractivity (Wildman–Crippen MR) is 150 cm³/mol. The van der Waals surface area contributed by atoms with Gasteiger partial charge in [0.15, 0.2) is 14.9 Å². The molecule has 3 fully saturated rings. The number of pyridine rings is 1. The maximum Gasteiger partial charge on any atom is 0.321 e. The second-order valence-corrected chi connectivity index (χ2v) is 13.7. The molecule has 0 unspecified atom stereocenters. The number of carbonyl (C=O) groups excluding carboxylic acids is 2. The molecule has 1 aromatic carbocycles. The first-order chi connectivity index (χ1) is 18.5. The van der Waals surface area contributed by atoms with Crippen LogP contribution in [0.3, 0.4) is 0 Å². The predicted octanol–water partition coefficient (Wildman–Crippen LogP) is 3.73. The van der Waals surface area contributed by atoms with Crippen LogP contribution in [0, 0.1) is 5.92 Å². The largest absolute Gasteiger partial charge is 0.323 e. The SMILES string of the molecule is CN(C)C1(c2ccccc2)CCC2(CC1)CN(CC(=O)Nc1ccc(S(C)(=O)=O)nc1)C(=O)N2CC1CCC1. The summed E-state index contributed by atoms with van der Waals surface area (Å²) >= 11 is 0. The van der Waals surface area contributed by atoms with E-state index in [-0.39, 0.29) is 34.6 Å². The molecule has 1 spiro atoms. The zero-order valence-corrected chi connectivity index (χ0v) is 23.9. The van der Waals surface area contributed by atoms with E-state index in [9.17, 15) is 18.0 Å². The van der Waals surface area contributed by atoms with Gasteiger partial charge in [0.2, 0.25) is 5.91 Å². The van der Waals surface area contributed by atoms with Crippen molar-refractivity contribution in [1.29, 1.82) is 0 Å². The zero-order valence-electron chi connectivity index (χ0n) is 23.1. The van der Waals surface area contributed by atoms with Crippen molar-refractivity contribution < 1.29 is 18.0 Å². The summed E-state index contributed by atoms with van der Waals surface area (Å²) in [7, 11) is 0.867. The normalized spacial score (nSPS) is 25.8. The van der Waals surface area contributed by atoms with E-state index >= 15 is 0 Å². The third kappa shape index (κ3) is 5.41. The van der Waals surface area contributed by atoms with Crippen LogP contribution in [0.5, 0.6) is 0 Å². The Morgan fingerprint density at radius 1 is 1.08 bits per heavy atom. The van der Waals surface area contributed by atoms with Crippen LogP contribution >= 0.6 is 0 Å². The van der Waals surface area contributed by atoms with Crippen molar-refractivity contribution in [2.24, 2.45) is 5.92 Å². The second kappa shape index (κ2) is 10.5. The van der Waals surface area contributed by atoms with Crippen molar-refractivity contribution in [3.05, 3.63) is 54.2 Å². The molecule has 39 heavy (non-hydrogen) atoms. The molecule has 0 radical (unpaired) electrons. The van der Waals surface area contributed by atoms with Crippen LogP contribution in [-0.4, -0.2) is 85.6 Å². The first-order valence-corrected chi connectivity index (χ1v) is 15.7. The molecule has 1 aromatic heterocycles. The lowest BCUT2D eigenvalue weighted by atomic mass is 9.68. The molecule has 10 heteroatoms. The van der Waals surface area contributed by atoms with Gasteiger partial charge in [0.25, 0.3) is 0 Å². The Morgan fingerprint density at radius 2 is 1.77 bits per heavy atom. The third-order valence-electron chi connectivity index (χ3n) is 9.13. The Hall–Kier alpha value is -2.98. The van der Waals surface area contributed by atoms with E-state index in [0.29, 0.717) is 18.2 Å². The van der Waals surface area contributed by atoms with Crippen molar-refractivity contribution in [2.45, 2.75) is 61.0 Å². The molecule has 1 N–H and O–H groups in total. The Morgan fingerprint density at radius 3 is 2.31 bits per heavy atom. The molecule has 5 rings (SSSR count). The lowest BCUT2D eigenvalue weighted by Gasteiger charge is -2.51. The average molecular weight is 554 g/mol. The molecule has 3 aliphatic rings.